The number of nitrogens with zero attached hydrogens (tertiary/aromatic N) is 1. The summed E-state index contributed by atoms with van der Waals surface area (Å²) in [7, 11) is 0. The van der Waals surface area contributed by atoms with E-state index in [1.165, 1.54) is 0 Å². The third kappa shape index (κ3) is 3.11. The number of urea groups is 1. The van der Waals surface area contributed by atoms with Gasteiger partial charge in [-0.1, -0.05) is 78.9 Å². The molecule has 0 radical (unpaired) electrons. The number of benzene rings is 3. The standard InChI is InChI=1S/C25H20N4O3/c30-22(15-17-16-26-21-14-8-7-13-20(17)21)28-29-23(31)25(27-24(29)32,18-9-3-1-4-10-18)19-11-5-2-6-12-19/h1-14,16,26H,15H2,(H,27,32)(H,28,30). The maximum Gasteiger partial charge on any atom is 0.344 e. The van der Waals surface area contributed by atoms with Crippen molar-refractivity contribution in [1.82, 2.24) is 20.7 Å². The molecule has 1 aliphatic rings. The maximum atomic E-state index is 13.6. The summed E-state index contributed by atoms with van der Waals surface area (Å²) in [6, 6.07) is 25.0. The van der Waals surface area contributed by atoms with Crippen LogP contribution in [0.2, 0.25) is 0 Å². The molecule has 1 saturated heterocycles. The van der Waals surface area contributed by atoms with E-state index >= 15 is 0 Å². The number of fused-ring (bicyclic) bond motifs is 1. The summed E-state index contributed by atoms with van der Waals surface area (Å²) in [6.07, 6.45) is 1.78. The number of rotatable bonds is 5. The molecule has 0 aliphatic carbocycles. The van der Waals surface area contributed by atoms with Gasteiger partial charge in [-0.05, 0) is 22.8 Å². The summed E-state index contributed by atoms with van der Waals surface area (Å²) in [6.45, 7) is 0. The Morgan fingerprint density at radius 2 is 1.44 bits per heavy atom. The van der Waals surface area contributed by atoms with Gasteiger partial charge >= 0.3 is 6.03 Å². The van der Waals surface area contributed by atoms with E-state index in [9.17, 15) is 14.4 Å². The highest BCUT2D eigenvalue weighted by molar-refractivity contribution is 6.10. The average Bonchev–Trinajstić information content (AvgIpc) is 3.35. The van der Waals surface area contributed by atoms with E-state index in [0.29, 0.717) is 11.1 Å². The van der Waals surface area contributed by atoms with Gasteiger partial charge in [0.15, 0.2) is 5.54 Å². The Labute approximate surface area is 184 Å². The highest BCUT2D eigenvalue weighted by Gasteiger charge is 2.54. The molecular weight excluding hydrogens is 404 g/mol. The molecule has 0 bridgehead atoms. The lowest BCUT2D eigenvalue weighted by Gasteiger charge is -2.27. The monoisotopic (exact) mass is 424 g/mol. The van der Waals surface area contributed by atoms with Crippen molar-refractivity contribution in [3.05, 3.63) is 108 Å². The van der Waals surface area contributed by atoms with E-state index in [1.54, 1.807) is 54.7 Å². The predicted octanol–water partition coefficient (Wildman–Crippen LogP) is 3.24. The molecule has 0 spiro atoms. The topological polar surface area (TPSA) is 94.3 Å². The summed E-state index contributed by atoms with van der Waals surface area (Å²) >= 11 is 0. The number of aromatic amines is 1. The molecule has 5 rings (SSSR count). The Balaban J connectivity index is 1.45. The third-order valence-corrected chi connectivity index (χ3v) is 5.70. The van der Waals surface area contributed by atoms with Crippen molar-refractivity contribution in [3.63, 3.8) is 0 Å². The summed E-state index contributed by atoms with van der Waals surface area (Å²) in [5.41, 5.74) is 3.98. The maximum absolute atomic E-state index is 13.6. The van der Waals surface area contributed by atoms with Crippen molar-refractivity contribution in [1.29, 1.82) is 0 Å². The van der Waals surface area contributed by atoms with Crippen LogP contribution in [0.3, 0.4) is 0 Å². The van der Waals surface area contributed by atoms with Gasteiger partial charge in [0.05, 0.1) is 6.42 Å². The Hall–Kier alpha value is -4.39. The van der Waals surface area contributed by atoms with E-state index in [1.807, 2.05) is 36.4 Å². The molecule has 7 nitrogen and oxygen atoms in total. The molecule has 32 heavy (non-hydrogen) atoms. The number of carbonyl (C=O) groups is 3. The van der Waals surface area contributed by atoms with Crippen LogP contribution >= 0.6 is 0 Å². The first kappa shape index (κ1) is 19.6. The molecule has 1 fully saturated rings. The van der Waals surface area contributed by atoms with Gasteiger partial charge in [-0.3, -0.25) is 15.0 Å². The summed E-state index contributed by atoms with van der Waals surface area (Å²) in [4.78, 5) is 42.4. The van der Waals surface area contributed by atoms with Gasteiger partial charge in [-0.25, -0.2) is 4.79 Å². The molecule has 0 atom stereocenters. The second-order valence-electron chi connectivity index (χ2n) is 7.62. The van der Waals surface area contributed by atoms with Gasteiger partial charge in [0.2, 0.25) is 5.91 Å². The minimum absolute atomic E-state index is 0.0186. The molecule has 0 unspecified atom stereocenters. The van der Waals surface area contributed by atoms with Crippen LogP contribution in [0.4, 0.5) is 4.79 Å². The minimum Gasteiger partial charge on any atom is -0.361 e. The molecule has 2 heterocycles. The van der Waals surface area contributed by atoms with Gasteiger partial charge in [-0.15, -0.1) is 0 Å². The Bertz CT molecular complexity index is 1280. The van der Waals surface area contributed by atoms with Gasteiger partial charge in [0.25, 0.3) is 5.91 Å². The van der Waals surface area contributed by atoms with E-state index < -0.39 is 23.4 Å². The predicted molar refractivity (Wildman–Crippen MR) is 119 cm³/mol. The van der Waals surface area contributed by atoms with E-state index in [2.05, 4.69) is 15.7 Å². The van der Waals surface area contributed by atoms with E-state index in [-0.39, 0.29) is 6.42 Å². The van der Waals surface area contributed by atoms with Crippen molar-refractivity contribution >= 4 is 28.7 Å². The average molecular weight is 424 g/mol. The zero-order valence-corrected chi connectivity index (χ0v) is 17.0. The fraction of sp³-hybridized carbons (Fsp3) is 0.0800. The fourth-order valence-electron chi connectivity index (χ4n) is 4.18. The molecule has 158 valence electrons. The lowest BCUT2D eigenvalue weighted by Crippen LogP contribution is -2.49. The lowest BCUT2D eigenvalue weighted by atomic mass is 9.83. The summed E-state index contributed by atoms with van der Waals surface area (Å²) in [5.74, 6) is -1.03. The third-order valence-electron chi connectivity index (χ3n) is 5.70. The summed E-state index contributed by atoms with van der Waals surface area (Å²) in [5, 5.41) is 4.50. The Morgan fingerprint density at radius 1 is 0.844 bits per heavy atom. The van der Waals surface area contributed by atoms with Crippen LogP contribution in [0.15, 0.2) is 91.1 Å². The van der Waals surface area contributed by atoms with Gasteiger partial charge in [0, 0.05) is 17.1 Å². The molecule has 4 amide bonds. The molecule has 1 aromatic heterocycles. The lowest BCUT2D eigenvalue weighted by molar-refractivity contribution is -0.138. The molecule has 3 aromatic carbocycles. The number of hydrogen-bond acceptors (Lipinski definition) is 3. The first-order valence-electron chi connectivity index (χ1n) is 10.2. The van der Waals surface area contributed by atoms with Crippen LogP contribution in [0, 0.1) is 0 Å². The summed E-state index contributed by atoms with van der Waals surface area (Å²) < 4.78 is 0. The number of hydrogen-bond donors (Lipinski definition) is 3. The van der Waals surface area contributed by atoms with Crippen LogP contribution in [0.1, 0.15) is 16.7 Å². The first-order chi connectivity index (χ1) is 15.6. The number of hydrazine groups is 1. The SMILES string of the molecule is O=C(Cc1c[nH]c2ccccc12)NN1C(=O)NC(c2ccccc2)(c2ccccc2)C1=O. The van der Waals surface area contributed by atoms with Crippen molar-refractivity contribution in [2.45, 2.75) is 12.0 Å². The van der Waals surface area contributed by atoms with Crippen molar-refractivity contribution in [2.24, 2.45) is 0 Å². The van der Waals surface area contributed by atoms with Crippen LogP contribution in [0.5, 0.6) is 0 Å². The van der Waals surface area contributed by atoms with Gasteiger partial charge in [0.1, 0.15) is 0 Å². The van der Waals surface area contributed by atoms with Crippen LogP contribution in [-0.2, 0) is 21.5 Å². The zero-order chi connectivity index (χ0) is 22.1. The number of nitrogens with one attached hydrogen (secondary N) is 3. The quantitative estimate of drug-likeness (QED) is 0.429. The minimum atomic E-state index is -1.42. The second kappa shape index (κ2) is 7.70. The number of aromatic nitrogens is 1. The molecular formula is C25H20N4O3. The number of H-pyrrole nitrogens is 1. The van der Waals surface area contributed by atoms with Crippen LogP contribution < -0.4 is 10.7 Å². The zero-order valence-electron chi connectivity index (χ0n) is 17.0. The van der Waals surface area contributed by atoms with Crippen molar-refractivity contribution in [3.8, 4) is 0 Å². The largest absolute Gasteiger partial charge is 0.361 e. The molecule has 4 aromatic rings. The number of amides is 4. The molecule has 1 aliphatic heterocycles. The van der Waals surface area contributed by atoms with Crippen LogP contribution in [0.25, 0.3) is 10.9 Å². The Morgan fingerprint density at radius 3 is 2.09 bits per heavy atom. The van der Waals surface area contributed by atoms with Crippen LogP contribution in [-0.4, -0.2) is 27.8 Å². The first-order valence-corrected chi connectivity index (χ1v) is 10.2. The number of carbonyl (C=O) groups excluding carboxylic acids is 3. The van der Waals surface area contributed by atoms with Crippen molar-refractivity contribution < 1.29 is 14.4 Å². The number of imide groups is 1. The van der Waals surface area contributed by atoms with Crippen molar-refractivity contribution in [2.75, 3.05) is 0 Å². The van der Waals surface area contributed by atoms with E-state index in [0.717, 1.165) is 21.5 Å². The fourth-order valence-corrected chi connectivity index (χ4v) is 4.18. The highest BCUT2D eigenvalue weighted by Crippen LogP contribution is 2.35. The molecule has 3 N–H and O–H groups in total. The molecule has 0 saturated carbocycles. The second-order valence-corrected chi connectivity index (χ2v) is 7.62. The smallest absolute Gasteiger partial charge is 0.344 e. The highest BCUT2D eigenvalue weighted by atomic mass is 16.2. The Kier molecular flexibility index (Phi) is 4.71. The molecule has 7 heteroatoms. The van der Waals surface area contributed by atoms with E-state index in [4.69, 9.17) is 0 Å². The van der Waals surface area contributed by atoms with Gasteiger partial charge in [-0.2, -0.15) is 5.01 Å². The number of para-hydroxylation sites is 1. The van der Waals surface area contributed by atoms with Gasteiger partial charge < -0.3 is 10.3 Å². The normalized spacial score (nSPS) is 15.1.